The molecule has 0 aliphatic rings. The van der Waals surface area contributed by atoms with Crippen molar-refractivity contribution in [2.75, 3.05) is 13.0 Å². The minimum absolute atomic E-state index is 0.0327. The van der Waals surface area contributed by atoms with Crippen LogP contribution >= 0.6 is 22.9 Å². The van der Waals surface area contributed by atoms with Gasteiger partial charge < -0.3 is 4.74 Å². The summed E-state index contributed by atoms with van der Waals surface area (Å²) >= 11 is 6.91. The summed E-state index contributed by atoms with van der Waals surface area (Å²) in [4.78, 5) is 16.9. The molecule has 1 aromatic carbocycles. The molecule has 0 saturated heterocycles. The average molecular weight is 282 g/mol. The number of ketones is 1. The van der Waals surface area contributed by atoms with E-state index in [-0.39, 0.29) is 11.7 Å². The maximum Gasteiger partial charge on any atom is 0.206 e. The van der Waals surface area contributed by atoms with Crippen molar-refractivity contribution in [3.63, 3.8) is 0 Å². The van der Waals surface area contributed by atoms with Crippen LogP contribution in [0.5, 0.6) is 5.75 Å². The van der Waals surface area contributed by atoms with Crippen LogP contribution in [0.4, 0.5) is 0 Å². The van der Waals surface area contributed by atoms with E-state index in [1.807, 2.05) is 31.2 Å². The first-order chi connectivity index (χ1) is 8.65. The molecule has 2 aromatic rings. The molecule has 1 aromatic heterocycles. The summed E-state index contributed by atoms with van der Waals surface area (Å²) in [6.45, 7) is 1.95. The van der Waals surface area contributed by atoms with Gasteiger partial charge in [-0.25, -0.2) is 4.98 Å². The van der Waals surface area contributed by atoms with Crippen molar-refractivity contribution < 1.29 is 9.53 Å². The third-order valence-electron chi connectivity index (χ3n) is 2.52. The number of aromatic nitrogens is 1. The van der Waals surface area contributed by atoms with Crippen LogP contribution in [0.3, 0.4) is 0 Å². The molecule has 3 nitrogen and oxygen atoms in total. The fourth-order valence-electron chi connectivity index (χ4n) is 1.59. The van der Waals surface area contributed by atoms with Crippen LogP contribution in [0.1, 0.15) is 14.7 Å². The molecule has 0 N–H and O–H groups in total. The topological polar surface area (TPSA) is 39.2 Å². The molecule has 0 aliphatic carbocycles. The Morgan fingerprint density at radius 1 is 1.39 bits per heavy atom. The van der Waals surface area contributed by atoms with Gasteiger partial charge in [0.2, 0.25) is 5.78 Å². The van der Waals surface area contributed by atoms with Crippen molar-refractivity contribution in [1.82, 2.24) is 4.98 Å². The first-order valence-corrected chi connectivity index (χ1v) is 6.72. The highest BCUT2D eigenvalue weighted by molar-refractivity contribution is 7.14. The number of thiazole rings is 1. The number of halogens is 1. The second kappa shape index (κ2) is 5.50. The van der Waals surface area contributed by atoms with Gasteiger partial charge in [-0.2, -0.15) is 0 Å². The van der Waals surface area contributed by atoms with Crippen LogP contribution in [-0.2, 0) is 0 Å². The molecule has 0 amide bonds. The number of carbonyl (C=O) groups is 1. The first kappa shape index (κ1) is 13.1. The molecular formula is C13H12ClNO2S. The van der Waals surface area contributed by atoms with Crippen LogP contribution in [-0.4, -0.2) is 23.8 Å². The lowest BCUT2D eigenvalue weighted by atomic mass is 10.1. The number of methoxy groups -OCH3 is 1. The van der Waals surface area contributed by atoms with E-state index < -0.39 is 0 Å². The Morgan fingerprint density at radius 2 is 2.06 bits per heavy atom. The SMILES string of the molecule is COc1ccc(-c2nc(C(=O)CCl)sc2C)cc1. The summed E-state index contributed by atoms with van der Waals surface area (Å²) < 4.78 is 5.11. The fraction of sp³-hybridized carbons (Fsp3) is 0.231. The molecular weight excluding hydrogens is 270 g/mol. The predicted octanol–water partition coefficient (Wildman–Crippen LogP) is 3.55. The van der Waals surface area contributed by atoms with Crippen LogP contribution in [0, 0.1) is 6.92 Å². The zero-order chi connectivity index (χ0) is 13.1. The monoisotopic (exact) mass is 281 g/mol. The lowest BCUT2D eigenvalue weighted by molar-refractivity contribution is 0.102. The molecule has 0 radical (unpaired) electrons. The molecule has 18 heavy (non-hydrogen) atoms. The third kappa shape index (κ3) is 2.54. The van der Waals surface area contributed by atoms with Crippen molar-refractivity contribution in [1.29, 1.82) is 0 Å². The maximum atomic E-state index is 11.5. The molecule has 0 atom stereocenters. The predicted molar refractivity (Wildman–Crippen MR) is 73.9 cm³/mol. The number of hydrogen-bond donors (Lipinski definition) is 0. The molecule has 0 spiro atoms. The van der Waals surface area contributed by atoms with E-state index in [4.69, 9.17) is 16.3 Å². The van der Waals surface area contributed by atoms with Gasteiger partial charge in [-0.05, 0) is 31.2 Å². The molecule has 94 valence electrons. The molecule has 0 aliphatic heterocycles. The summed E-state index contributed by atoms with van der Waals surface area (Å²) in [6.07, 6.45) is 0. The Balaban J connectivity index is 2.37. The highest BCUT2D eigenvalue weighted by Crippen LogP contribution is 2.29. The Morgan fingerprint density at radius 3 is 2.61 bits per heavy atom. The molecule has 0 fully saturated rings. The van der Waals surface area contributed by atoms with Gasteiger partial charge in [-0.15, -0.1) is 22.9 Å². The van der Waals surface area contributed by atoms with Crippen molar-refractivity contribution in [2.24, 2.45) is 0 Å². The smallest absolute Gasteiger partial charge is 0.206 e. The van der Waals surface area contributed by atoms with Gasteiger partial charge in [0.25, 0.3) is 0 Å². The second-order valence-corrected chi connectivity index (χ2v) is 5.18. The number of aryl methyl sites for hydroxylation is 1. The lowest BCUT2D eigenvalue weighted by Gasteiger charge is -2.01. The molecule has 1 heterocycles. The molecule has 0 unspecified atom stereocenters. The quantitative estimate of drug-likeness (QED) is 0.635. The minimum Gasteiger partial charge on any atom is -0.497 e. The van der Waals surface area contributed by atoms with E-state index in [1.165, 1.54) is 11.3 Å². The van der Waals surface area contributed by atoms with Crippen molar-refractivity contribution in [3.05, 3.63) is 34.2 Å². The van der Waals surface area contributed by atoms with Gasteiger partial charge in [-0.1, -0.05) is 0 Å². The number of alkyl halides is 1. The van der Waals surface area contributed by atoms with Gasteiger partial charge >= 0.3 is 0 Å². The Kier molecular flexibility index (Phi) is 3.99. The van der Waals surface area contributed by atoms with E-state index in [9.17, 15) is 4.79 Å². The fourth-order valence-corrected chi connectivity index (χ4v) is 2.67. The van der Waals surface area contributed by atoms with Crippen LogP contribution in [0.25, 0.3) is 11.3 Å². The number of carbonyl (C=O) groups excluding carboxylic acids is 1. The summed E-state index contributed by atoms with van der Waals surface area (Å²) in [7, 11) is 1.63. The van der Waals surface area contributed by atoms with Crippen molar-refractivity contribution >= 4 is 28.7 Å². The Bertz CT molecular complexity index is 563. The number of rotatable bonds is 4. The van der Waals surface area contributed by atoms with Crippen LogP contribution in [0.15, 0.2) is 24.3 Å². The van der Waals surface area contributed by atoms with E-state index in [2.05, 4.69) is 4.98 Å². The highest BCUT2D eigenvalue weighted by atomic mass is 35.5. The molecule has 2 rings (SSSR count). The van der Waals surface area contributed by atoms with Crippen molar-refractivity contribution in [3.8, 4) is 17.0 Å². The summed E-state index contributed by atoms with van der Waals surface area (Å²) in [5.74, 6) is 0.628. The van der Waals surface area contributed by atoms with Gasteiger partial charge in [0, 0.05) is 10.4 Å². The summed E-state index contributed by atoms with van der Waals surface area (Å²) in [5.41, 5.74) is 1.80. The standard InChI is InChI=1S/C13H12ClNO2S/c1-8-12(15-13(18-8)11(16)7-14)9-3-5-10(17-2)6-4-9/h3-6H,7H2,1-2H3. The zero-order valence-corrected chi connectivity index (χ0v) is 11.6. The average Bonchev–Trinajstić information content (AvgIpc) is 2.80. The van der Waals surface area contributed by atoms with Crippen molar-refractivity contribution in [2.45, 2.75) is 6.92 Å². The highest BCUT2D eigenvalue weighted by Gasteiger charge is 2.14. The Labute approximate surface area is 114 Å². The summed E-state index contributed by atoms with van der Waals surface area (Å²) in [6, 6.07) is 7.60. The number of hydrogen-bond acceptors (Lipinski definition) is 4. The van der Waals surface area contributed by atoms with Gasteiger partial charge in [-0.3, -0.25) is 4.79 Å². The van der Waals surface area contributed by atoms with Crippen LogP contribution in [0.2, 0.25) is 0 Å². The van der Waals surface area contributed by atoms with Gasteiger partial charge in [0.1, 0.15) is 5.75 Å². The number of nitrogens with zero attached hydrogens (tertiary/aromatic N) is 1. The zero-order valence-electron chi connectivity index (χ0n) is 10.1. The molecule has 0 saturated carbocycles. The first-order valence-electron chi connectivity index (χ1n) is 5.36. The van der Waals surface area contributed by atoms with E-state index in [0.29, 0.717) is 5.01 Å². The number of ether oxygens (including phenoxy) is 1. The lowest BCUT2D eigenvalue weighted by Crippen LogP contribution is -1.98. The van der Waals surface area contributed by atoms with E-state index in [1.54, 1.807) is 7.11 Å². The van der Waals surface area contributed by atoms with E-state index in [0.717, 1.165) is 21.9 Å². The third-order valence-corrected chi connectivity index (χ3v) is 3.77. The maximum absolute atomic E-state index is 11.5. The Hall–Kier alpha value is -1.39. The minimum atomic E-state index is -0.135. The number of benzene rings is 1. The molecule has 5 heteroatoms. The van der Waals surface area contributed by atoms with E-state index >= 15 is 0 Å². The largest absolute Gasteiger partial charge is 0.497 e. The van der Waals surface area contributed by atoms with Gasteiger partial charge in [0.05, 0.1) is 18.7 Å². The van der Waals surface area contributed by atoms with Gasteiger partial charge in [0.15, 0.2) is 5.01 Å². The number of Topliss-reactive ketones (excluding diaryl/α,β-unsaturated/α-hetero) is 1. The molecule has 0 bridgehead atoms. The normalized spacial score (nSPS) is 10.4. The summed E-state index contributed by atoms with van der Waals surface area (Å²) in [5, 5.41) is 0.466. The second-order valence-electron chi connectivity index (χ2n) is 3.71. The van der Waals surface area contributed by atoms with Crippen LogP contribution < -0.4 is 4.74 Å².